The van der Waals surface area contributed by atoms with Gasteiger partial charge in [-0.1, -0.05) is 6.92 Å². The van der Waals surface area contributed by atoms with Crippen molar-refractivity contribution in [3.05, 3.63) is 23.8 Å². The third-order valence-electron chi connectivity index (χ3n) is 3.13. The summed E-state index contributed by atoms with van der Waals surface area (Å²) < 4.78 is 47.7. The summed E-state index contributed by atoms with van der Waals surface area (Å²) >= 11 is 0. The number of halogens is 3. The molecule has 0 bridgehead atoms. The van der Waals surface area contributed by atoms with Gasteiger partial charge in [-0.05, 0) is 37.1 Å². The Balaban J connectivity index is 2.95. The maximum atomic E-state index is 12.5. The van der Waals surface area contributed by atoms with Crippen molar-refractivity contribution in [2.24, 2.45) is 0 Å². The van der Waals surface area contributed by atoms with Crippen molar-refractivity contribution >= 4 is 0 Å². The summed E-state index contributed by atoms with van der Waals surface area (Å²) in [5, 5.41) is 3.15. The van der Waals surface area contributed by atoms with E-state index in [-0.39, 0.29) is 12.5 Å². The number of nitrogens with one attached hydrogen (secondary N) is 1. The molecular formula is C15H22F3NO2. The molecule has 3 nitrogen and oxygen atoms in total. The lowest BCUT2D eigenvalue weighted by atomic mass is 10.0. The van der Waals surface area contributed by atoms with E-state index in [4.69, 9.17) is 9.47 Å². The molecule has 1 atom stereocenters. The smallest absolute Gasteiger partial charge is 0.389 e. The van der Waals surface area contributed by atoms with Crippen LogP contribution in [0.15, 0.2) is 18.2 Å². The molecular weight excluding hydrogens is 283 g/mol. The minimum Gasteiger partial charge on any atom is -0.497 e. The van der Waals surface area contributed by atoms with Gasteiger partial charge in [0, 0.05) is 18.5 Å². The van der Waals surface area contributed by atoms with E-state index >= 15 is 0 Å². The van der Waals surface area contributed by atoms with E-state index in [2.05, 4.69) is 5.32 Å². The molecule has 21 heavy (non-hydrogen) atoms. The van der Waals surface area contributed by atoms with Gasteiger partial charge in [0.2, 0.25) is 0 Å². The highest BCUT2D eigenvalue weighted by atomic mass is 19.4. The summed E-state index contributed by atoms with van der Waals surface area (Å²) in [5.74, 6) is 1.14. The highest BCUT2D eigenvalue weighted by molar-refractivity contribution is 5.39. The lowest BCUT2D eigenvalue weighted by Crippen LogP contribution is -2.24. The molecule has 120 valence electrons. The normalized spacial score (nSPS) is 13.0. The van der Waals surface area contributed by atoms with Crippen LogP contribution in [0.3, 0.4) is 0 Å². The molecule has 0 heterocycles. The molecule has 0 fully saturated rings. The predicted molar refractivity (Wildman–Crippen MR) is 75.9 cm³/mol. The molecule has 0 saturated heterocycles. The number of hydrogen-bond donors (Lipinski definition) is 1. The molecule has 0 saturated carbocycles. The van der Waals surface area contributed by atoms with Gasteiger partial charge in [0.1, 0.15) is 11.5 Å². The van der Waals surface area contributed by atoms with E-state index in [0.717, 1.165) is 12.0 Å². The third kappa shape index (κ3) is 6.25. The second-order valence-electron chi connectivity index (χ2n) is 4.81. The molecule has 0 spiro atoms. The standard InChI is InChI=1S/C15H22F3NO2/c1-4-7-19-14(5-6-15(16,17)18)11-8-12(20-2)10-13(9-11)21-3/h8-10,14,19H,4-7H2,1-3H3. The van der Waals surface area contributed by atoms with E-state index < -0.39 is 12.6 Å². The minimum atomic E-state index is -4.16. The minimum absolute atomic E-state index is 0.0141. The van der Waals surface area contributed by atoms with Gasteiger partial charge in [-0.25, -0.2) is 0 Å². The van der Waals surface area contributed by atoms with Crippen LogP contribution in [0.2, 0.25) is 0 Å². The number of benzene rings is 1. The zero-order valence-corrected chi connectivity index (χ0v) is 12.6. The van der Waals surface area contributed by atoms with Crippen LogP contribution in [-0.4, -0.2) is 26.9 Å². The van der Waals surface area contributed by atoms with Crippen molar-refractivity contribution in [1.29, 1.82) is 0 Å². The van der Waals surface area contributed by atoms with Crippen molar-refractivity contribution < 1.29 is 22.6 Å². The van der Waals surface area contributed by atoms with Crippen molar-refractivity contribution in [1.82, 2.24) is 5.32 Å². The summed E-state index contributed by atoms with van der Waals surface area (Å²) in [6, 6.07) is 4.80. The molecule has 1 aromatic carbocycles. The predicted octanol–water partition coefficient (Wildman–Crippen LogP) is 4.09. The van der Waals surface area contributed by atoms with Crippen molar-refractivity contribution in [3.63, 3.8) is 0 Å². The maximum Gasteiger partial charge on any atom is 0.389 e. The van der Waals surface area contributed by atoms with E-state index in [9.17, 15) is 13.2 Å². The first kappa shape index (κ1) is 17.6. The van der Waals surface area contributed by atoms with E-state index in [1.54, 1.807) is 18.2 Å². The van der Waals surface area contributed by atoms with Crippen LogP contribution in [-0.2, 0) is 0 Å². The zero-order chi connectivity index (χ0) is 15.9. The fraction of sp³-hybridized carbons (Fsp3) is 0.600. The van der Waals surface area contributed by atoms with Crippen LogP contribution in [0.4, 0.5) is 13.2 Å². The average molecular weight is 305 g/mol. The summed E-state index contributed by atoms with van der Waals surface area (Å²) in [6.45, 7) is 2.63. The quantitative estimate of drug-likeness (QED) is 0.785. The van der Waals surface area contributed by atoms with E-state index in [1.165, 1.54) is 14.2 Å². The first-order chi connectivity index (χ1) is 9.89. The third-order valence-corrected chi connectivity index (χ3v) is 3.13. The second kappa shape index (κ2) is 8.12. The number of rotatable bonds is 8. The Morgan fingerprint density at radius 3 is 2.10 bits per heavy atom. The first-order valence-electron chi connectivity index (χ1n) is 6.92. The van der Waals surface area contributed by atoms with Crippen molar-refractivity contribution in [3.8, 4) is 11.5 Å². The van der Waals surface area contributed by atoms with Crippen LogP contribution in [0.1, 0.15) is 37.8 Å². The maximum absolute atomic E-state index is 12.5. The van der Waals surface area contributed by atoms with Gasteiger partial charge in [0.05, 0.1) is 14.2 Å². The Hall–Kier alpha value is -1.43. The van der Waals surface area contributed by atoms with Gasteiger partial charge in [0.25, 0.3) is 0 Å². The highest BCUT2D eigenvalue weighted by Crippen LogP contribution is 2.31. The topological polar surface area (TPSA) is 30.5 Å². The van der Waals surface area contributed by atoms with Crippen molar-refractivity contribution in [2.45, 2.75) is 38.4 Å². The van der Waals surface area contributed by atoms with Crippen LogP contribution in [0, 0.1) is 0 Å². The molecule has 1 aromatic rings. The largest absolute Gasteiger partial charge is 0.497 e. The summed E-state index contributed by atoms with van der Waals surface area (Å²) in [5.41, 5.74) is 0.740. The molecule has 0 aliphatic carbocycles. The van der Waals surface area contributed by atoms with E-state index in [1.807, 2.05) is 6.92 Å². The lowest BCUT2D eigenvalue weighted by Gasteiger charge is -2.21. The molecule has 0 aromatic heterocycles. The summed E-state index contributed by atoms with van der Waals surface area (Å²) in [7, 11) is 3.03. The number of alkyl halides is 3. The van der Waals surface area contributed by atoms with Crippen LogP contribution in [0.5, 0.6) is 11.5 Å². The van der Waals surface area contributed by atoms with Gasteiger partial charge in [0.15, 0.2) is 0 Å². The molecule has 1 rings (SSSR count). The Morgan fingerprint density at radius 1 is 1.10 bits per heavy atom. The SMILES string of the molecule is CCCNC(CCC(F)(F)F)c1cc(OC)cc(OC)c1. The first-order valence-corrected chi connectivity index (χ1v) is 6.92. The van der Waals surface area contributed by atoms with Crippen molar-refractivity contribution in [2.75, 3.05) is 20.8 Å². The van der Waals surface area contributed by atoms with Crippen LogP contribution in [0.25, 0.3) is 0 Å². The Bertz CT molecular complexity index is 413. The Kier molecular flexibility index (Phi) is 6.81. The molecule has 1 N–H and O–H groups in total. The summed E-state index contributed by atoms with van der Waals surface area (Å²) in [4.78, 5) is 0. The van der Waals surface area contributed by atoms with Gasteiger partial charge in [-0.3, -0.25) is 0 Å². The molecule has 6 heteroatoms. The zero-order valence-electron chi connectivity index (χ0n) is 12.6. The fourth-order valence-electron chi connectivity index (χ4n) is 2.04. The van der Waals surface area contributed by atoms with Gasteiger partial charge < -0.3 is 14.8 Å². The van der Waals surface area contributed by atoms with Gasteiger partial charge in [-0.15, -0.1) is 0 Å². The molecule has 0 aliphatic rings. The molecule has 0 radical (unpaired) electrons. The Morgan fingerprint density at radius 2 is 1.67 bits per heavy atom. The average Bonchev–Trinajstić information content (AvgIpc) is 2.45. The van der Waals surface area contributed by atoms with E-state index in [0.29, 0.717) is 18.0 Å². The van der Waals surface area contributed by atoms with Gasteiger partial charge in [-0.2, -0.15) is 13.2 Å². The summed E-state index contributed by atoms with van der Waals surface area (Å²) in [6.07, 6.45) is -4.15. The highest BCUT2D eigenvalue weighted by Gasteiger charge is 2.28. The molecule has 1 unspecified atom stereocenters. The van der Waals surface area contributed by atoms with Crippen LogP contribution < -0.4 is 14.8 Å². The lowest BCUT2D eigenvalue weighted by molar-refractivity contribution is -0.136. The second-order valence-corrected chi connectivity index (χ2v) is 4.81. The van der Waals surface area contributed by atoms with Gasteiger partial charge >= 0.3 is 6.18 Å². The molecule has 0 aliphatic heterocycles. The number of methoxy groups -OCH3 is 2. The monoisotopic (exact) mass is 305 g/mol. The number of ether oxygens (including phenoxy) is 2. The molecule has 0 amide bonds. The fourth-order valence-corrected chi connectivity index (χ4v) is 2.04. The Labute approximate surface area is 123 Å². The number of hydrogen-bond acceptors (Lipinski definition) is 3. The van der Waals surface area contributed by atoms with Crippen LogP contribution >= 0.6 is 0 Å².